The molecule has 0 aliphatic carbocycles. The molecule has 0 aromatic heterocycles. The summed E-state index contributed by atoms with van der Waals surface area (Å²) in [5, 5.41) is 10.2. The standard InChI is InChI=1S/C6H10O3.Na/c7-6(8)5-2-1-3-9-4-5;/h5H,1-4H2,(H,7,8);/q;+1/p-1. The maximum atomic E-state index is 10.2. The van der Waals surface area contributed by atoms with Crippen molar-refractivity contribution in [3.63, 3.8) is 0 Å². The minimum atomic E-state index is -0.977. The zero-order valence-electron chi connectivity index (χ0n) is 6.13. The molecule has 0 N–H and O–H groups in total. The fourth-order valence-corrected chi connectivity index (χ4v) is 0.927. The van der Waals surface area contributed by atoms with Gasteiger partial charge in [0.25, 0.3) is 0 Å². The van der Waals surface area contributed by atoms with Crippen LogP contribution >= 0.6 is 0 Å². The monoisotopic (exact) mass is 152 g/mol. The summed E-state index contributed by atoms with van der Waals surface area (Å²) in [6, 6.07) is 0. The number of hydrogen-bond acceptors (Lipinski definition) is 3. The Morgan fingerprint density at radius 2 is 2.30 bits per heavy atom. The molecule has 0 amide bonds. The molecule has 0 radical (unpaired) electrons. The van der Waals surface area contributed by atoms with E-state index in [4.69, 9.17) is 4.74 Å². The average molecular weight is 152 g/mol. The second-order valence-electron chi connectivity index (χ2n) is 2.23. The molecule has 1 rings (SSSR count). The fourth-order valence-electron chi connectivity index (χ4n) is 0.927. The number of ether oxygens (including phenoxy) is 1. The number of hydrogen-bond donors (Lipinski definition) is 0. The van der Waals surface area contributed by atoms with Crippen molar-refractivity contribution in [1.82, 2.24) is 0 Å². The van der Waals surface area contributed by atoms with Crippen molar-refractivity contribution in [1.29, 1.82) is 0 Å². The molecule has 3 nitrogen and oxygen atoms in total. The van der Waals surface area contributed by atoms with Gasteiger partial charge in [0.05, 0.1) is 6.61 Å². The van der Waals surface area contributed by atoms with Gasteiger partial charge >= 0.3 is 29.6 Å². The molecule has 0 aromatic rings. The van der Waals surface area contributed by atoms with E-state index in [-0.39, 0.29) is 35.5 Å². The molecule has 0 aromatic carbocycles. The summed E-state index contributed by atoms with van der Waals surface area (Å²) in [6.45, 7) is 1.03. The Balaban J connectivity index is 0.000000810. The first-order valence-corrected chi connectivity index (χ1v) is 3.09. The van der Waals surface area contributed by atoms with Gasteiger partial charge in [-0.2, -0.15) is 0 Å². The predicted molar refractivity (Wildman–Crippen MR) is 28.5 cm³/mol. The van der Waals surface area contributed by atoms with Crippen molar-refractivity contribution in [2.24, 2.45) is 5.92 Å². The third-order valence-electron chi connectivity index (χ3n) is 1.49. The number of aliphatic carboxylic acids is 1. The summed E-state index contributed by atoms with van der Waals surface area (Å²) in [5.74, 6) is -1.34. The van der Waals surface area contributed by atoms with Crippen LogP contribution in [-0.4, -0.2) is 19.2 Å². The van der Waals surface area contributed by atoms with Gasteiger partial charge in [-0.3, -0.25) is 0 Å². The molecular formula is C6H9NaO3. The first-order valence-electron chi connectivity index (χ1n) is 3.09. The molecule has 1 atom stereocenters. The van der Waals surface area contributed by atoms with Gasteiger partial charge in [0.15, 0.2) is 0 Å². The van der Waals surface area contributed by atoms with Crippen molar-refractivity contribution in [3.8, 4) is 0 Å². The van der Waals surface area contributed by atoms with Gasteiger partial charge < -0.3 is 14.6 Å². The number of carbonyl (C=O) groups excluding carboxylic acids is 1. The molecule has 0 spiro atoms. The summed E-state index contributed by atoms with van der Waals surface area (Å²) < 4.78 is 4.92. The van der Waals surface area contributed by atoms with Crippen LogP contribution in [0.2, 0.25) is 0 Å². The second kappa shape index (κ2) is 5.13. The third-order valence-corrected chi connectivity index (χ3v) is 1.49. The molecule has 1 aliphatic heterocycles. The van der Waals surface area contributed by atoms with E-state index in [9.17, 15) is 9.90 Å². The average Bonchev–Trinajstić information content (AvgIpc) is 1.90. The Kier molecular flexibility index (Phi) is 5.35. The Hall–Kier alpha value is 0.430. The largest absolute Gasteiger partial charge is 1.00 e. The normalized spacial score (nSPS) is 25.0. The van der Waals surface area contributed by atoms with Gasteiger partial charge in [-0.15, -0.1) is 0 Å². The minimum absolute atomic E-state index is 0. The molecular weight excluding hydrogens is 143 g/mol. The van der Waals surface area contributed by atoms with Crippen molar-refractivity contribution in [2.45, 2.75) is 12.8 Å². The first kappa shape index (κ1) is 10.4. The Morgan fingerprint density at radius 1 is 1.60 bits per heavy atom. The molecule has 1 heterocycles. The number of carboxylic acid groups (broad SMARTS) is 1. The number of carboxylic acids is 1. The number of rotatable bonds is 1. The van der Waals surface area contributed by atoms with Crippen molar-refractivity contribution >= 4 is 5.97 Å². The molecule has 10 heavy (non-hydrogen) atoms. The van der Waals surface area contributed by atoms with Crippen LogP contribution in [0.5, 0.6) is 0 Å². The van der Waals surface area contributed by atoms with Crippen LogP contribution in [-0.2, 0) is 9.53 Å². The van der Waals surface area contributed by atoms with Gasteiger partial charge in [-0.1, -0.05) is 0 Å². The topological polar surface area (TPSA) is 49.4 Å². The van der Waals surface area contributed by atoms with Crippen molar-refractivity contribution in [3.05, 3.63) is 0 Å². The Bertz CT molecular complexity index is 110. The summed E-state index contributed by atoms with van der Waals surface area (Å²) >= 11 is 0. The van der Waals surface area contributed by atoms with Gasteiger partial charge in [0, 0.05) is 18.5 Å². The van der Waals surface area contributed by atoms with Crippen molar-refractivity contribution in [2.75, 3.05) is 13.2 Å². The predicted octanol–water partition coefficient (Wildman–Crippen LogP) is -3.83. The van der Waals surface area contributed by atoms with E-state index >= 15 is 0 Å². The van der Waals surface area contributed by atoms with Gasteiger partial charge in [0.2, 0.25) is 0 Å². The summed E-state index contributed by atoms with van der Waals surface area (Å²) in [6.07, 6.45) is 1.56. The summed E-state index contributed by atoms with van der Waals surface area (Å²) in [5.41, 5.74) is 0. The molecule has 0 bridgehead atoms. The van der Waals surface area contributed by atoms with Crippen LogP contribution < -0.4 is 34.7 Å². The molecule has 1 fully saturated rings. The molecule has 52 valence electrons. The van der Waals surface area contributed by atoms with E-state index in [1.54, 1.807) is 0 Å². The maximum absolute atomic E-state index is 10.2. The van der Waals surface area contributed by atoms with Gasteiger partial charge in [-0.25, -0.2) is 0 Å². The fraction of sp³-hybridized carbons (Fsp3) is 0.833. The van der Waals surface area contributed by atoms with Crippen LogP contribution in [0, 0.1) is 5.92 Å². The Labute approximate surface area is 82.0 Å². The summed E-state index contributed by atoms with van der Waals surface area (Å²) in [4.78, 5) is 10.2. The Morgan fingerprint density at radius 3 is 2.60 bits per heavy atom. The third kappa shape index (κ3) is 3.01. The van der Waals surface area contributed by atoms with E-state index in [1.807, 2.05) is 0 Å². The van der Waals surface area contributed by atoms with Gasteiger partial charge in [-0.05, 0) is 12.8 Å². The molecule has 1 unspecified atom stereocenters. The van der Waals surface area contributed by atoms with E-state index in [0.29, 0.717) is 19.6 Å². The van der Waals surface area contributed by atoms with Crippen molar-refractivity contribution < 1.29 is 44.2 Å². The molecule has 4 heteroatoms. The zero-order valence-corrected chi connectivity index (χ0v) is 8.13. The van der Waals surface area contributed by atoms with Crippen LogP contribution in [0.3, 0.4) is 0 Å². The van der Waals surface area contributed by atoms with E-state index in [0.717, 1.165) is 6.42 Å². The van der Waals surface area contributed by atoms with Crippen LogP contribution in [0.15, 0.2) is 0 Å². The van der Waals surface area contributed by atoms with E-state index < -0.39 is 5.97 Å². The second-order valence-corrected chi connectivity index (χ2v) is 2.23. The van der Waals surface area contributed by atoms with Gasteiger partial charge in [0.1, 0.15) is 0 Å². The smallest absolute Gasteiger partial charge is 0.550 e. The summed E-state index contributed by atoms with van der Waals surface area (Å²) in [7, 11) is 0. The quantitative estimate of drug-likeness (QED) is 0.362. The molecule has 1 saturated heterocycles. The first-order chi connectivity index (χ1) is 4.30. The maximum Gasteiger partial charge on any atom is 1.00 e. The van der Waals surface area contributed by atoms with Crippen LogP contribution in [0.1, 0.15) is 12.8 Å². The number of carbonyl (C=O) groups is 1. The zero-order chi connectivity index (χ0) is 6.69. The SMILES string of the molecule is O=C([O-])C1CCCOC1.[Na+]. The minimum Gasteiger partial charge on any atom is -0.550 e. The molecule has 1 aliphatic rings. The van der Waals surface area contributed by atoms with E-state index in [2.05, 4.69) is 0 Å². The van der Waals surface area contributed by atoms with Crippen LogP contribution in [0.25, 0.3) is 0 Å². The van der Waals surface area contributed by atoms with E-state index in [1.165, 1.54) is 0 Å². The van der Waals surface area contributed by atoms with Crippen LogP contribution in [0.4, 0.5) is 0 Å². The molecule has 0 saturated carbocycles.